The van der Waals surface area contributed by atoms with Crippen LogP contribution in [-0.4, -0.2) is 40.1 Å². The number of piperidine rings is 1. The third-order valence-electron chi connectivity index (χ3n) is 6.14. The highest BCUT2D eigenvalue weighted by atomic mass is 19.1. The summed E-state index contributed by atoms with van der Waals surface area (Å²) in [4.78, 5) is 6.69. The van der Waals surface area contributed by atoms with Crippen molar-refractivity contribution >= 4 is 5.69 Å². The van der Waals surface area contributed by atoms with Gasteiger partial charge in [0.05, 0.1) is 40.9 Å². The number of ether oxygens (including phenoxy) is 1. The van der Waals surface area contributed by atoms with Crippen LogP contribution >= 0.6 is 0 Å². The number of aryl methyl sites for hydroxylation is 1. The van der Waals surface area contributed by atoms with Gasteiger partial charge in [-0.05, 0) is 49.6 Å². The molecular weight excluding hydrogens is 407 g/mol. The molecule has 32 heavy (non-hydrogen) atoms. The highest BCUT2D eigenvalue weighted by molar-refractivity contribution is 5.70. The quantitative estimate of drug-likeness (QED) is 0.657. The van der Waals surface area contributed by atoms with Gasteiger partial charge in [0.2, 0.25) is 5.88 Å². The third-order valence-corrected chi connectivity index (χ3v) is 6.14. The van der Waals surface area contributed by atoms with Crippen LogP contribution in [0.15, 0.2) is 42.6 Å². The van der Waals surface area contributed by atoms with Crippen molar-refractivity contribution in [3.05, 3.63) is 53.9 Å². The Morgan fingerprint density at radius 1 is 1.19 bits per heavy atom. The Labute approximate surface area is 186 Å². The number of anilines is 1. The number of rotatable bonds is 5. The lowest BCUT2D eigenvalue weighted by Gasteiger charge is -2.34. The maximum Gasteiger partial charge on any atom is 0.217 e. The van der Waals surface area contributed by atoms with E-state index < -0.39 is 12.2 Å². The molecule has 3 aromatic rings. The zero-order chi connectivity index (χ0) is 22.2. The topological polar surface area (TPSA) is 93.0 Å². The molecule has 1 aliphatic carbocycles. The second-order valence-corrected chi connectivity index (χ2v) is 8.55. The van der Waals surface area contributed by atoms with Gasteiger partial charge in [-0.2, -0.15) is 10.4 Å². The van der Waals surface area contributed by atoms with Crippen LogP contribution in [0.25, 0.3) is 11.3 Å². The SMILES string of the molecule is Cn1nc(C2CC2)cc1Oc1cc(C#N)ccc1-c1ccc(N2CC[C@@H](F)C(N)C2)cn1. The van der Waals surface area contributed by atoms with Gasteiger partial charge >= 0.3 is 0 Å². The maximum absolute atomic E-state index is 13.7. The fourth-order valence-electron chi connectivity index (χ4n) is 4.07. The predicted molar refractivity (Wildman–Crippen MR) is 119 cm³/mol. The summed E-state index contributed by atoms with van der Waals surface area (Å²) in [6, 6.07) is 12.8. The molecule has 7 nitrogen and oxygen atoms in total. The lowest BCUT2D eigenvalue weighted by molar-refractivity contribution is 0.244. The van der Waals surface area contributed by atoms with Crippen LogP contribution in [0.5, 0.6) is 11.6 Å². The van der Waals surface area contributed by atoms with Gasteiger partial charge in [0.25, 0.3) is 0 Å². The summed E-state index contributed by atoms with van der Waals surface area (Å²) in [7, 11) is 1.85. The van der Waals surface area contributed by atoms with Crippen molar-refractivity contribution in [1.82, 2.24) is 14.8 Å². The van der Waals surface area contributed by atoms with Crippen LogP contribution in [0.2, 0.25) is 0 Å². The molecule has 2 fully saturated rings. The minimum Gasteiger partial charge on any atom is -0.439 e. The molecule has 2 aliphatic rings. The van der Waals surface area contributed by atoms with Crippen molar-refractivity contribution in [1.29, 1.82) is 5.26 Å². The Hall–Kier alpha value is -3.44. The molecule has 0 spiro atoms. The van der Waals surface area contributed by atoms with E-state index in [9.17, 15) is 9.65 Å². The molecule has 1 aromatic carbocycles. The summed E-state index contributed by atoms with van der Waals surface area (Å²) in [5, 5.41) is 13.9. The first-order valence-electron chi connectivity index (χ1n) is 10.9. The number of benzene rings is 1. The molecule has 5 rings (SSSR count). The first kappa shape index (κ1) is 20.5. The van der Waals surface area contributed by atoms with Crippen LogP contribution in [0.3, 0.4) is 0 Å². The van der Waals surface area contributed by atoms with Gasteiger partial charge in [-0.3, -0.25) is 4.98 Å². The van der Waals surface area contributed by atoms with E-state index in [0.717, 1.165) is 35.5 Å². The largest absolute Gasteiger partial charge is 0.439 e. The van der Waals surface area contributed by atoms with Crippen molar-refractivity contribution in [3.8, 4) is 29.0 Å². The summed E-state index contributed by atoms with van der Waals surface area (Å²) in [5.74, 6) is 1.70. The molecule has 1 saturated heterocycles. The minimum atomic E-state index is -0.954. The number of nitrogens with zero attached hydrogens (tertiary/aromatic N) is 5. The number of hydrogen-bond donors (Lipinski definition) is 1. The number of aromatic nitrogens is 3. The Bertz CT molecular complexity index is 1160. The summed E-state index contributed by atoms with van der Waals surface area (Å²) in [6.07, 6.45) is 3.57. The smallest absolute Gasteiger partial charge is 0.217 e. The highest BCUT2D eigenvalue weighted by Crippen LogP contribution is 2.41. The van der Waals surface area contributed by atoms with Crippen molar-refractivity contribution < 1.29 is 9.13 Å². The van der Waals surface area contributed by atoms with Crippen LogP contribution < -0.4 is 15.4 Å². The summed E-state index contributed by atoms with van der Waals surface area (Å²) >= 11 is 0. The van der Waals surface area contributed by atoms with E-state index in [2.05, 4.69) is 21.1 Å². The zero-order valence-corrected chi connectivity index (χ0v) is 17.9. The second kappa shape index (κ2) is 8.24. The Morgan fingerprint density at radius 3 is 2.72 bits per heavy atom. The molecule has 2 atom stereocenters. The van der Waals surface area contributed by atoms with E-state index in [0.29, 0.717) is 42.6 Å². The lowest BCUT2D eigenvalue weighted by Crippen LogP contribution is -2.49. The van der Waals surface area contributed by atoms with Crippen molar-refractivity contribution in [2.75, 3.05) is 18.0 Å². The van der Waals surface area contributed by atoms with Crippen LogP contribution in [0, 0.1) is 11.3 Å². The van der Waals surface area contributed by atoms with E-state index >= 15 is 0 Å². The van der Waals surface area contributed by atoms with Crippen molar-refractivity contribution in [3.63, 3.8) is 0 Å². The van der Waals surface area contributed by atoms with Crippen molar-refractivity contribution in [2.24, 2.45) is 12.8 Å². The number of nitrogens with two attached hydrogens (primary N) is 1. The van der Waals surface area contributed by atoms with E-state index in [4.69, 9.17) is 10.5 Å². The Balaban J connectivity index is 1.42. The highest BCUT2D eigenvalue weighted by Gasteiger charge is 2.28. The molecule has 164 valence electrons. The maximum atomic E-state index is 13.7. The molecule has 2 N–H and O–H groups in total. The third kappa shape index (κ3) is 4.04. The molecule has 0 bridgehead atoms. The standard InChI is InChI=1S/C24H25FN6O/c1-30-24(11-22(29-30)16-3-4-16)32-23-10-15(12-26)2-6-18(23)21-7-5-17(13-28-21)31-9-8-19(25)20(27)14-31/h2,5-7,10-11,13,16,19-20H,3-4,8-9,14,27H2,1H3/t19-,20?/m1/s1. The summed E-state index contributed by atoms with van der Waals surface area (Å²) < 4.78 is 21.6. The Kier molecular flexibility index (Phi) is 5.27. The molecule has 1 saturated carbocycles. The van der Waals surface area contributed by atoms with Gasteiger partial charge in [-0.25, -0.2) is 9.07 Å². The van der Waals surface area contributed by atoms with Crippen LogP contribution in [-0.2, 0) is 7.05 Å². The molecule has 1 aliphatic heterocycles. The summed E-state index contributed by atoms with van der Waals surface area (Å²) in [6.45, 7) is 1.09. The zero-order valence-electron chi connectivity index (χ0n) is 17.9. The van der Waals surface area contributed by atoms with Gasteiger partial charge in [0.1, 0.15) is 11.9 Å². The van der Waals surface area contributed by atoms with Gasteiger partial charge < -0.3 is 15.4 Å². The monoisotopic (exact) mass is 432 g/mol. The van der Waals surface area contributed by atoms with E-state index in [1.165, 1.54) is 0 Å². The number of halogens is 1. The van der Waals surface area contributed by atoms with Gasteiger partial charge in [-0.1, -0.05) is 0 Å². The molecule has 2 aromatic heterocycles. The average molecular weight is 433 g/mol. The number of pyridine rings is 1. The molecule has 0 amide bonds. The van der Waals surface area contributed by atoms with E-state index in [-0.39, 0.29) is 0 Å². The van der Waals surface area contributed by atoms with E-state index in [1.807, 2.05) is 31.3 Å². The fourth-order valence-corrected chi connectivity index (χ4v) is 4.07. The first-order valence-corrected chi connectivity index (χ1v) is 10.9. The lowest BCUT2D eigenvalue weighted by atomic mass is 10.0. The molecule has 1 unspecified atom stereocenters. The second-order valence-electron chi connectivity index (χ2n) is 8.55. The molecule has 0 radical (unpaired) electrons. The van der Waals surface area contributed by atoms with Gasteiger partial charge in [-0.15, -0.1) is 0 Å². The minimum absolute atomic E-state index is 0.421. The molecule has 3 heterocycles. The molecule has 8 heteroatoms. The first-order chi connectivity index (χ1) is 15.5. The fraction of sp³-hybridized carbons (Fsp3) is 0.375. The molecular formula is C24H25FN6O. The number of nitriles is 1. The van der Waals surface area contributed by atoms with Crippen LogP contribution in [0.4, 0.5) is 10.1 Å². The van der Waals surface area contributed by atoms with Crippen molar-refractivity contribution in [2.45, 2.75) is 37.4 Å². The number of hydrogen-bond acceptors (Lipinski definition) is 6. The predicted octanol–water partition coefficient (Wildman–Crippen LogP) is 3.90. The van der Waals surface area contributed by atoms with Crippen LogP contribution in [0.1, 0.15) is 36.4 Å². The Morgan fingerprint density at radius 2 is 2.03 bits per heavy atom. The van der Waals surface area contributed by atoms with E-state index in [1.54, 1.807) is 23.0 Å². The van der Waals surface area contributed by atoms with Gasteiger partial charge in [0.15, 0.2) is 0 Å². The summed E-state index contributed by atoms with van der Waals surface area (Å²) in [5.41, 5.74) is 9.86. The normalized spacial score (nSPS) is 20.8. The van der Waals surface area contributed by atoms with Gasteiger partial charge in [0, 0.05) is 37.7 Å². The number of alkyl halides is 1. The average Bonchev–Trinajstić information content (AvgIpc) is 3.59.